The van der Waals surface area contributed by atoms with E-state index >= 15 is 0 Å². The van der Waals surface area contributed by atoms with Crippen LogP contribution in [0.25, 0.3) is 14.4 Å². The average molecular weight is 504 g/mol. The average Bonchev–Trinajstić information content (AvgIpc) is 3.09. The minimum Gasteiger partial charge on any atom is -0.379 e. The number of fused-ring (bicyclic) bond motifs is 1. The van der Waals surface area contributed by atoms with Crippen LogP contribution in [0.4, 0.5) is 13.2 Å². The normalized spacial score (nSPS) is 20.1. The minimum absolute atomic E-state index is 0.625. The van der Waals surface area contributed by atoms with Gasteiger partial charge in [-0.1, -0.05) is 55.8 Å². The van der Waals surface area contributed by atoms with Crippen molar-refractivity contribution in [3.8, 4) is 0 Å². The zero-order valence-corrected chi connectivity index (χ0v) is 18.1. The van der Waals surface area contributed by atoms with E-state index in [2.05, 4.69) is 29.2 Å². The first kappa shape index (κ1) is 21.6. The zero-order valence-electron chi connectivity index (χ0n) is 15.9. The van der Waals surface area contributed by atoms with E-state index in [1.165, 1.54) is 6.92 Å². The molecule has 6 heteroatoms. The molecule has 0 radical (unpaired) electrons. The fourth-order valence-electron chi connectivity index (χ4n) is 4.01. The summed E-state index contributed by atoms with van der Waals surface area (Å²) in [6, 6.07) is 11.7. The molecule has 0 spiro atoms. The van der Waals surface area contributed by atoms with Crippen LogP contribution in [-0.4, -0.2) is 23.0 Å². The van der Waals surface area contributed by atoms with Gasteiger partial charge >= 0.3 is 6.18 Å². The fourth-order valence-corrected chi connectivity index (χ4v) is 4.48. The van der Waals surface area contributed by atoms with Gasteiger partial charge in [0.15, 0.2) is 5.60 Å². The molecule has 0 heterocycles. The molecule has 2 nitrogen and oxygen atoms in total. The van der Waals surface area contributed by atoms with Crippen molar-refractivity contribution in [1.29, 1.82) is 0 Å². The Morgan fingerprint density at radius 3 is 2.25 bits per heavy atom. The van der Waals surface area contributed by atoms with Gasteiger partial charge in [-0.25, -0.2) is 0 Å². The lowest BCUT2D eigenvalue weighted by molar-refractivity contribution is -0.300. The van der Waals surface area contributed by atoms with Crippen molar-refractivity contribution < 1.29 is 23.0 Å². The molecule has 2 atom stereocenters. The van der Waals surface area contributed by atoms with E-state index in [9.17, 15) is 18.3 Å². The Morgan fingerprint density at radius 2 is 1.71 bits per heavy atom. The van der Waals surface area contributed by atoms with E-state index < -0.39 is 23.5 Å². The smallest absolute Gasteiger partial charge is 0.379 e. The van der Waals surface area contributed by atoms with Crippen molar-refractivity contribution >= 4 is 36.9 Å². The van der Waals surface area contributed by atoms with Gasteiger partial charge in [0.1, 0.15) is 0 Å². The summed E-state index contributed by atoms with van der Waals surface area (Å²) in [5.41, 5.74) is -1.89. The maximum atomic E-state index is 13.3. The molecule has 1 fully saturated rings. The van der Waals surface area contributed by atoms with Gasteiger partial charge in [-0.05, 0) is 71.2 Å². The van der Waals surface area contributed by atoms with E-state index in [0.29, 0.717) is 12.8 Å². The summed E-state index contributed by atoms with van der Waals surface area (Å²) in [6.45, 7) is 6.11. The molecule has 0 aliphatic heterocycles. The third-order valence-corrected chi connectivity index (χ3v) is 6.47. The highest BCUT2D eigenvalue weighted by atomic mass is 127. The Hall–Kier alpha value is -1.12. The molecular formula is C22H24F3IO2. The van der Waals surface area contributed by atoms with Crippen LogP contribution in [0.5, 0.6) is 0 Å². The lowest BCUT2D eigenvalue weighted by Gasteiger charge is -2.40. The minimum atomic E-state index is -4.77. The molecule has 0 saturated heterocycles. The molecule has 1 aliphatic carbocycles. The predicted octanol–water partition coefficient (Wildman–Crippen LogP) is 6.73. The van der Waals surface area contributed by atoms with Crippen LogP contribution in [0.3, 0.4) is 0 Å². The first-order valence-corrected chi connectivity index (χ1v) is 10.4. The van der Waals surface area contributed by atoms with Gasteiger partial charge in [0, 0.05) is 3.58 Å². The summed E-state index contributed by atoms with van der Waals surface area (Å²) < 4.78 is 47.0. The summed E-state index contributed by atoms with van der Waals surface area (Å²) >= 11 is 2.18. The van der Waals surface area contributed by atoms with Gasteiger partial charge in [0.2, 0.25) is 0 Å². The van der Waals surface area contributed by atoms with Crippen LogP contribution in [0, 0.1) is 0 Å². The molecule has 0 aromatic heterocycles. The van der Waals surface area contributed by atoms with Gasteiger partial charge < -0.3 is 9.84 Å². The topological polar surface area (TPSA) is 29.5 Å². The van der Waals surface area contributed by atoms with Crippen LogP contribution in [0.2, 0.25) is 0 Å². The molecular weight excluding hydrogens is 480 g/mol. The third kappa shape index (κ3) is 3.71. The Kier molecular flexibility index (Phi) is 5.87. The molecule has 2 aromatic rings. The number of benzene rings is 2. The number of hydrogen-bond acceptors (Lipinski definition) is 2. The molecule has 152 valence electrons. The molecule has 3 rings (SSSR count). The number of aliphatic hydroxyl groups is 1. The Balaban J connectivity index is 2.11. The maximum Gasteiger partial charge on any atom is 0.419 e. The monoisotopic (exact) mass is 504 g/mol. The van der Waals surface area contributed by atoms with Crippen molar-refractivity contribution in [2.45, 2.75) is 63.0 Å². The first-order valence-electron chi connectivity index (χ1n) is 9.33. The van der Waals surface area contributed by atoms with Crippen LogP contribution in [0.1, 0.15) is 50.7 Å². The molecule has 1 aliphatic rings. The summed E-state index contributed by atoms with van der Waals surface area (Å²) in [5, 5.41) is 12.1. The van der Waals surface area contributed by atoms with Crippen LogP contribution < -0.4 is 0 Å². The highest BCUT2D eigenvalue weighted by Crippen LogP contribution is 2.48. The van der Waals surface area contributed by atoms with Gasteiger partial charge in [-0.2, -0.15) is 13.2 Å². The summed E-state index contributed by atoms with van der Waals surface area (Å²) in [7, 11) is 0. The Bertz CT molecular complexity index is 883. The van der Waals surface area contributed by atoms with Crippen LogP contribution >= 0.6 is 22.6 Å². The second kappa shape index (κ2) is 7.61. The molecule has 1 saturated carbocycles. The predicted molar refractivity (Wildman–Crippen MR) is 114 cm³/mol. The lowest BCUT2D eigenvalue weighted by Crippen LogP contribution is -2.53. The Morgan fingerprint density at radius 1 is 1.14 bits per heavy atom. The highest BCUT2D eigenvalue weighted by molar-refractivity contribution is 14.1. The summed E-state index contributed by atoms with van der Waals surface area (Å²) in [6.07, 6.45) is -3.17. The van der Waals surface area contributed by atoms with Crippen molar-refractivity contribution in [2.75, 3.05) is 0 Å². The van der Waals surface area contributed by atoms with Gasteiger partial charge in [0.25, 0.3) is 0 Å². The highest BCUT2D eigenvalue weighted by Gasteiger charge is 2.56. The van der Waals surface area contributed by atoms with Gasteiger partial charge in [0.05, 0.1) is 11.7 Å². The molecule has 2 unspecified atom stereocenters. The largest absolute Gasteiger partial charge is 0.419 e. The van der Waals surface area contributed by atoms with Crippen molar-refractivity contribution in [1.82, 2.24) is 0 Å². The van der Waals surface area contributed by atoms with E-state index in [1.54, 1.807) is 0 Å². The second-order valence-electron chi connectivity index (χ2n) is 7.72. The van der Waals surface area contributed by atoms with Crippen molar-refractivity contribution in [3.63, 3.8) is 0 Å². The lowest BCUT2D eigenvalue weighted by atomic mass is 9.85. The molecule has 28 heavy (non-hydrogen) atoms. The third-order valence-electron chi connectivity index (χ3n) is 5.89. The quantitative estimate of drug-likeness (QED) is 0.458. The van der Waals surface area contributed by atoms with E-state index in [1.807, 2.05) is 36.4 Å². The van der Waals surface area contributed by atoms with Crippen LogP contribution in [0.15, 0.2) is 43.0 Å². The number of ether oxygens (including phenoxy) is 1. The molecule has 0 bridgehead atoms. The second-order valence-corrected chi connectivity index (χ2v) is 9.02. The first-order chi connectivity index (χ1) is 13.0. The van der Waals surface area contributed by atoms with E-state index in [-0.39, 0.29) is 0 Å². The van der Waals surface area contributed by atoms with Crippen molar-refractivity contribution in [2.24, 2.45) is 0 Å². The number of rotatable bonds is 5. The van der Waals surface area contributed by atoms with Gasteiger partial charge in [-0.15, -0.1) is 0 Å². The SMILES string of the molecule is C=C(I)c1ccc(C2(OC(C)C(C)(O)C(F)(F)F)CCCC2)c2ccccc12. The molecule has 0 amide bonds. The fraction of sp³-hybridized carbons (Fsp3) is 0.455. The molecule has 1 N–H and O–H groups in total. The standard InChI is InChI=1S/C22H24F3IO2/c1-14(26)16-10-11-19(18-9-5-4-8-17(16)18)21(12-6-7-13-21)28-15(2)20(3,27)22(23,24)25/h4-5,8-11,15,27H,1,6-7,12-13H2,2-3H3. The number of alkyl halides is 3. The Labute approximate surface area is 176 Å². The number of halogens is 4. The van der Waals surface area contributed by atoms with E-state index in [4.69, 9.17) is 4.74 Å². The van der Waals surface area contributed by atoms with Crippen molar-refractivity contribution in [3.05, 3.63) is 54.1 Å². The zero-order chi connectivity index (χ0) is 20.7. The summed E-state index contributed by atoms with van der Waals surface area (Å²) in [5.74, 6) is 0. The number of hydrogen-bond donors (Lipinski definition) is 1. The summed E-state index contributed by atoms with van der Waals surface area (Å²) in [4.78, 5) is 0. The maximum absolute atomic E-state index is 13.3. The molecule has 2 aromatic carbocycles. The van der Waals surface area contributed by atoms with Crippen LogP contribution in [-0.2, 0) is 10.3 Å². The van der Waals surface area contributed by atoms with Gasteiger partial charge in [-0.3, -0.25) is 0 Å². The van der Waals surface area contributed by atoms with E-state index in [0.717, 1.165) is 45.2 Å².